The number of alkyl halides is 6. The predicted octanol–water partition coefficient (Wildman–Crippen LogP) is 20.7. The number of allylic oxidation sites excluding steroid dienone is 2. The normalized spacial score (nSPS) is 19.6. The average molecular weight is 1740 g/mol. The van der Waals surface area contributed by atoms with E-state index in [0.717, 1.165) is 71.8 Å². The van der Waals surface area contributed by atoms with Crippen molar-refractivity contribution < 1.29 is 82.3 Å². The molecule has 0 bridgehead atoms. The maximum absolute atomic E-state index is 14.6. The molecule has 4 saturated heterocycles. The highest BCUT2D eigenvalue weighted by Gasteiger charge is 2.52. The molecule has 8 aromatic carbocycles. The molecule has 4 aliphatic heterocycles. The first kappa shape index (κ1) is 94.0. The van der Waals surface area contributed by atoms with Crippen molar-refractivity contribution in [3.05, 3.63) is 296 Å². The summed E-state index contributed by atoms with van der Waals surface area (Å²) < 4.78 is 138. The molecule has 10 amide bonds. The number of amides is 10. The molecule has 127 heavy (non-hydrogen) atoms. The van der Waals surface area contributed by atoms with E-state index < -0.39 is 99.9 Å². The third-order valence-corrected chi connectivity index (χ3v) is 22.5. The van der Waals surface area contributed by atoms with Crippen molar-refractivity contribution in [2.75, 3.05) is 53.3 Å². The van der Waals surface area contributed by atoms with E-state index in [-0.39, 0.29) is 72.2 Å². The second kappa shape index (κ2) is 39.9. The van der Waals surface area contributed by atoms with Crippen LogP contribution in [-0.4, -0.2) is 111 Å². The van der Waals surface area contributed by atoms with Gasteiger partial charge in [-0.15, -0.1) is 0 Å². The number of carbonyl (C=O) groups excluding carboxylic acids is 8. The van der Waals surface area contributed by atoms with Crippen molar-refractivity contribution in [3.63, 3.8) is 0 Å². The van der Waals surface area contributed by atoms with Gasteiger partial charge < -0.3 is 10.6 Å². The van der Waals surface area contributed by atoms with E-state index in [9.17, 15) is 72.7 Å². The largest absolute Gasteiger partial charge is 0.417 e. The van der Waals surface area contributed by atoms with Gasteiger partial charge in [-0.3, -0.25) is 48.8 Å². The molecule has 16 rings (SSSR count). The van der Waals surface area contributed by atoms with Gasteiger partial charge in [0.2, 0.25) is 12.2 Å². The highest BCUT2D eigenvalue weighted by molar-refractivity contribution is 6.11. The van der Waals surface area contributed by atoms with Crippen LogP contribution in [0.25, 0.3) is 9.69 Å². The fourth-order valence-corrected chi connectivity index (χ4v) is 16.6. The third-order valence-electron chi connectivity index (χ3n) is 22.5. The Balaban J connectivity index is 0.000000172. The van der Waals surface area contributed by atoms with E-state index in [0.29, 0.717) is 83.8 Å². The zero-order valence-electron chi connectivity index (χ0n) is 68.2. The van der Waals surface area contributed by atoms with Crippen LogP contribution in [-0.2, 0) is 21.9 Å². The van der Waals surface area contributed by atoms with Crippen molar-refractivity contribution in [1.29, 1.82) is 21.3 Å². The monoisotopic (exact) mass is 1740 g/mol. The summed E-state index contributed by atoms with van der Waals surface area (Å²) in [6.07, 6.45) is 12.9. The minimum Gasteiger partial charge on any atom is -0.355 e. The summed E-state index contributed by atoms with van der Waals surface area (Å²) in [6, 6.07) is 34.0. The fourth-order valence-electron chi connectivity index (χ4n) is 16.6. The Morgan fingerprint density at radius 1 is 0.402 bits per heavy atom. The number of nitrogens with zero attached hydrogens (tertiary/aromatic N) is 12. The molecule has 8 aliphatic rings. The summed E-state index contributed by atoms with van der Waals surface area (Å²) in [5.41, 5.74) is 3.37. The highest BCUT2D eigenvalue weighted by atomic mass is 19.4. The van der Waals surface area contributed by atoms with Gasteiger partial charge in [0.25, 0.3) is 11.8 Å². The molecule has 8 aromatic rings. The zero-order chi connectivity index (χ0) is 91.5. The SMILES string of the molecule is C.Cc1ccc(N2C(=O)N(c3ccc(C#N)c(C(F)(F)F)c3)[C@H]3CC=CC[C@@H]32)cc1F.Cc1ccc(N2C(=O)N(c3ccc(C#N)c(C(F)(F)F)c3)[C@H]3CCC=C[C@@H]32)cc1F.N=C=O.N=C=O.[C-]#[N+]c1ccc(N2C(=O)N(c3ccc(C(=O)NC)c(F)c3)[C@@H]3C=CCC[C@H]32)cc1C.[C-]#[N+]c1ccc(N2C(=O)N(c3ccc(C(=O)NC)c(F)c3)[C@@H]3CC=CC[C@H]32)cc1C. The van der Waals surface area contributed by atoms with E-state index in [1.54, 1.807) is 106 Å². The van der Waals surface area contributed by atoms with Crippen LogP contribution in [0.2, 0.25) is 0 Å². The Kier molecular flexibility index (Phi) is 29.6. The molecule has 24 nitrogen and oxygen atoms in total. The summed E-state index contributed by atoms with van der Waals surface area (Å²) in [7, 11) is 2.88. The number of isocyanates is 2. The molecule has 4 heterocycles. The summed E-state index contributed by atoms with van der Waals surface area (Å²) in [6.45, 7) is 21.4. The first-order valence-corrected chi connectivity index (χ1v) is 39.1. The van der Waals surface area contributed by atoms with Gasteiger partial charge in [-0.1, -0.05) is 80.3 Å². The third kappa shape index (κ3) is 19.3. The molecule has 8 atom stereocenters. The topological polar surface area (TPSA) is 291 Å². The molecule has 4 fully saturated rings. The number of benzene rings is 8. The Morgan fingerprint density at radius 3 is 0.953 bits per heavy atom. The number of halogens is 10. The lowest BCUT2D eigenvalue weighted by Crippen LogP contribution is -2.38. The number of nitriles is 2. The minimum absolute atomic E-state index is 0. The van der Waals surface area contributed by atoms with Gasteiger partial charge in [-0.2, -0.15) is 36.9 Å². The van der Waals surface area contributed by atoms with Crippen LogP contribution in [0.3, 0.4) is 0 Å². The minimum atomic E-state index is -4.73. The lowest BCUT2D eigenvalue weighted by Gasteiger charge is -2.29. The van der Waals surface area contributed by atoms with Crippen LogP contribution in [0.15, 0.2) is 194 Å². The van der Waals surface area contributed by atoms with Crippen molar-refractivity contribution >= 4 is 105 Å². The van der Waals surface area contributed by atoms with Gasteiger partial charge >= 0.3 is 36.5 Å². The molecule has 0 saturated carbocycles. The van der Waals surface area contributed by atoms with Crippen LogP contribution in [0.5, 0.6) is 0 Å². The van der Waals surface area contributed by atoms with Crippen molar-refractivity contribution in [2.24, 2.45) is 0 Å². The van der Waals surface area contributed by atoms with E-state index >= 15 is 0 Å². The Hall–Kier alpha value is -15.2. The number of anilines is 8. The smallest absolute Gasteiger partial charge is 0.355 e. The Bertz CT molecular complexity index is 5860. The summed E-state index contributed by atoms with van der Waals surface area (Å²) in [5.74, 6) is -3.29. The van der Waals surface area contributed by atoms with Crippen molar-refractivity contribution in [3.8, 4) is 12.1 Å². The number of nitrogens with one attached hydrogen (secondary N) is 4. The maximum Gasteiger partial charge on any atom is 0.417 e. The van der Waals surface area contributed by atoms with Crippen LogP contribution < -0.4 is 49.8 Å². The summed E-state index contributed by atoms with van der Waals surface area (Å²) in [5, 5.41) is 33.7. The number of urea groups is 4. The number of rotatable bonds is 10. The van der Waals surface area contributed by atoms with Gasteiger partial charge in [0, 0.05) is 59.6 Å². The zero-order valence-corrected chi connectivity index (χ0v) is 68.2. The van der Waals surface area contributed by atoms with Gasteiger partial charge in [0.05, 0.1) is 107 Å². The van der Waals surface area contributed by atoms with E-state index in [1.807, 2.05) is 68.5 Å². The number of carbonyl (C=O) groups is 6. The lowest BCUT2D eigenvalue weighted by molar-refractivity contribution is -0.138. The first-order chi connectivity index (χ1) is 60.2. The van der Waals surface area contributed by atoms with Crippen LogP contribution in [0, 0.1) is 97.6 Å². The molecule has 4 N–H and O–H groups in total. The molecule has 0 unspecified atom stereocenters. The second-order valence-corrected chi connectivity index (χ2v) is 29.8. The van der Waals surface area contributed by atoms with Crippen LogP contribution in [0.1, 0.15) is 124 Å². The van der Waals surface area contributed by atoms with Crippen molar-refractivity contribution in [1.82, 2.24) is 10.6 Å². The maximum atomic E-state index is 14.6. The molecular formula is C93H82F10N16O8. The molecule has 0 radical (unpaired) electrons. The van der Waals surface area contributed by atoms with Crippen molar-refractivity contribution in [2.45, 2.75) is 147 Å². The van der Waals surface area contributed by atoms with Gasteiger partial charge in [-0.05, 0) is 223 Å². The quantitative estimate of drug-likeness (QED) is 0.0330. The number of fused-ring (bicyclic) bond motifs is 4. The standard InChI is InChI=1S/2C23H21FN4O2.2C22H17F4N3O.2CHNO.CH4/c2*1-14-12-15(9-11-19(14)25-2)27-20-6-4-5-7-21(20)28(23(27)30)16-8-10-17(18(24)13-16)22(29)26-3;2*1-13-6-8-16(11-18(13)23)29-20-5-3-2-4-19(20)28(21(29)30)15-9-7-14(12-27)17(10-15)22(24,25)26;2*2-1-3;/h5,7-13,20-21H,4,6H2,1,3H3,(H,26,29);4-5,8-13,20-21H,6-7H2,1,3H3,(H,26,29);3,5-11,19-20H,2,4H2,1H3;2-3,6-11,19-20H,4-5H2,1H3;2*2H;1H4/t2*20-,21-;2*19-,20-;;;/m1100.../s1. The Morgan fingerprint density at radius 2 is 0.669 bits per heavy atom. The summed E-state index contributed by atoms with van der Waals surface area (Å²) in [4.78, 5) is 113. The van der Waals surface area contributed by atoms with Crippen LogP contribution >= 0.6 is 0 Å². The second-order valence-electron chi connectivity index (χ2n) is 29.8. The van der Waals surface area contributed by atoms with Gasteiger partial charge in [0.15, 0.2) is 11.4 Å². The molecule has 0 aromatic heterocycles. The highest BCUT2D eigenvalue weighted by Crippen LogP contribution is 2.47. The molecule has 0 spiro atoms. The van der Waals surface area contributed by atoms with Gasteiger partial charge in [0.1, 0.15) is 23.3 Å². The number of hydrogen-bond donors (Lipinski definition) is 4. The Labute approximate surface area is 724 Å². The molecule has 34 heteroatoms. The number of aryl methyl sites for hydroxylation is 4. The molecule has 652 valence electrons. The summed E-state index contributed by atoms with van der Waals surface area (Å²) >= 11 is 0. The molecular weight excluding hydrogens is 1660 g/mol. The average Bonchev–Trinajstić information content (AvgIpc) is 1.61. The molecule has 4 aliphatic carbocycles. The predicted molar refractivity (Wildman–Crippen MR) is 458 cm³/mol. The van der Waals surface area contributed by atoms with E-state index in [1.165, 1.54) is 82.2 Å². The first-order valence-electron chi connectivity index (χ1n) is 39.1. The fraction of sp³-hybridized carbons (Fsp3) is 0.269. The van der Waals surface area contributed by atoms with E-state index in [4.69, 9.17) is 44.1 Å². The van der Waals surface area contributed by atoms with E-state index in [2.05, 4.69) is 26.4 Å². The van der Waals surface area contributed by atoms with Gasteiger partial charge in [-0.25, -0.2) is 66.8 Å². The lowest BCUT2D eigenvalue weighted by atomic mass is 9.94. The number of hydrogen-bond acceptors (Lipinski definition) is 12. The van der Waals surface area contributed by atoms with Crippen LogP contribution in [0.4, 0.5) is 120 Å².